The van der Waals surface area contributed by atoms with Gasteiger partial charge in [-0.3, -0.25) is 0 Å². The van der Waals surface area contributed by atoms with Crippen LogP contribution in [-0.2, 0) is 19.9 Å². The molecule has 1 saturated carbocycles. The molecule has 0 bridgehead atoms. The van der Waals surface area contributed by atoms with Crippen LogP contribution in [-0.4, -0.2) is 58.9 Å². The average molecular weight is 375 g/mol. The molecule has 1 aromatic rings. The second-order valence-corrected chi connectivity index (χ2v) is 10.2. The molecule has 0 aromatic heterocycles. The molecule has 9 heteroatoms. The minimum absolute atomic E-state index is 0.0144. The summed E-state index contributed by atoms with van der Waals surface area (Å²) >= 11 is 0. The van der Waals surface area contributed by atoms with Crippen LogP contribution < -0.4 is 9.47 Å². The molecular weight excluding hydrogens is 354 g/mol. The maximum Gasteiger partial charge on any atom is 0.247 e. The Bertz CT molecular complexity index is 830. The number of hydrogen-bond donors (Lipinski definition) is 0. The standard InChI is InChI=1S/C15H21NO6S2/c1-21-13-5-6-14(22-2)15(9-13)24(19,20)16(11-3-4-11)12-7-8-23(17,18)10-12/h5-6,9,11-12H,3-4,7-8,10H2,1-2H3. The lowest BCUT2D eigenvalue weighted by Crippen LogP contribution is -2.42. The summed E-state index contributed by atoms with van der Waals surface area (Å²) in [5.41, 5.74) is 0. The molecule has 1 heterocycles. The molecule has 0 amide bonds. The van der Waals surface area contributed by atoms with E-state index in [9.17, 15) is 16.8 Å². The van der Waals surface area contributed by atoms with Gasteiger partial charge in [0.25, 0.3) is 0 Å². The summed E-state index contributed by atoms with van der Waals surface area (Å²) in [6.07, 6.45) is 1.84. The van der Waals surface area contributed by atoms with E-state index in [0.29, 0.717) is 12.2 Å². The van der Waals surface area contributed by atoms with Crippen LogP contribution in [0, 0.1) is 0 Å². The molecule has 2 aliphatic rings. The minimum Gasteiger partial charge on any atom is -0.497 e. The first-order chi connectivity index (χ1) is 11.3. The van der Waals surface area contributed by atoms with Crippen LogP contribution in [0.3, 0.4) is 0 Å². The Hall–Kier alpha value is -1.32. The van der Waals surface area contributed by atoms with Crippen molar-refractivity contribution in [3.05, 3.63) is 18.2 Å². The van der Waals surface area contributed by atoms with Gasteiger partial charge in [0.1, 0.15) is 16.4 Å². The monoisotopic (exact) mass is 375 g/mol. The maximum absolute atomic E-state index is 13.3. The van der Waals surface area contributed by atoms with Gasteiger partial charge in [-0.15, -0.1) is 0 Å². The van der Waals surface area contributed by atoms with Gasteiger partial charge in [-0.05, 0) is 31.4 Å². The highest BCUT2D eigenvalue weighted by Gasteiger charge is 2.47. The van der Waals surface area contributed by atoms with Crippen molar-refractivity contribution in [1.82, 2.24) is 4.31 Å². The van der Waals surface area contributed by atoms with Crippen LogP contribution in [0.5, 0.6) is 11.5 Å². The molecule has 1 aliphatic heterocycles. The van der Waals surface area contributed by atoms with Gasteiger partial charge in [0, 0.05) is 18.2 Å². The Morgan fingerprint density at radius 3 is 2.29 bits per heavy atom. The Kier molecular flexibility index (Phi) is 4.52. The van der Waals surface area contributed by atoms with Gasteiger partial charge < -0.3 is 9.47 Å². The fourth-order valence-corrected chi connectivity index (χ4v) is 6.97. The quantitative estimate of drug-likeness (QED) is 0.738. The zero-order valence-electron chi connectivity index (χ0n) is 13.6. The van der Waals surface area contributed by atoms with Gasteiger partial charge in [0.2, 0.25) is 10.0 Å². The lowest BCUT2D eigenvalue weighted by Gasteiger charge is -2.28. The van der Waals surface area contributed by atoms with E-state index in [1.165, 1.54) is 24.6 Å². The van der Waals surface area contributed by atoms with Crippen molar-refractivity contribution in [3.63, 3.8) is 0 Å². The Morgan fingerprint density at radius 1 is 1.08 bits per heavy atom. The van der Waals surface area contributed by atoms with Gasteiger partial charge in [-0.25, -0.2) is 16.8 Å². The minimum atomic E-state index is -3.88. The smallest absolute Gasteiger partial charge is 0.247 e. The number of ether oxygens (including phenoxy) is 2. The van der Waals surface area contributed by atoms with E-state index in [-0.39, 0.29) is 28.2 Å². The molecule has 1 aliphatic carbocycles. The first kappa shape index (κ1) is 17.5. The van der Waals surface area contributed by atoms with Gasteiger partial charge in [-0.1, -0.05) is 0 Å². The first-order valence-corrected chi connectivity index (χ1v) is 11.0. The SMILES string of the molecule is COc1ccc(OC)c(S(=O)(=O)N(C2CC2)C2CCS(=O)(=O)C2)c1. The van der Waals surface area contributed by atoms with Crippen LogP contribution in [0.4, 0.5) is 0 Å². The summed E-state index contributed by atoms with van der Waals surface area (Å²) in [6, 6.07) is 3.95. The van der Waals surface area contributed by atoms with Gasteiger partial charge in [0.05, 0.1) is 25.7 Å². The van der Waals surface area contributed by atoms with Crippen LogP contribution in [0.1, 0.15) is 19.3 Å². The molecule has 2 fully saturated rings. The van der Waals surface area contributed by atoms with Gasteiger partial charge in [-0.2, -0.15) is 4.31 Å². The molecule has 1 atom stereocenters. The zero-order chi connectivity index (χ0) is 17.5. The fourth-order valence-electron chi connectivity index (χ4n) is 3.09. The highest BCUT2D eigenvalue weighted by molar-refractivity contribution is 7.92. The molecule has 134 valence electrons. The molecule has 0 spiro atoms. The summed E-state index contributed by atoms with van der Waals surface area (Å²) < 4.78 is 61.8. The average Bonchev–Trinajstić information content (AvgIpc) is 3.30. The van der Waals surface area contributed by atoms with Crippen molar-refractivity contribution in [2.24, 2.45) is 0 Å². The van der Waals surface area contributed by atoms with Crippen molar-refractivity contribution < 1.29 is 26.3 Å². The second-order valence-electron chi connectivity index (χ2n) is 6.14. The van der Waals surface area contributed by atoms with E-state index in [1.807, 2.05) is 0 Å². The van der Waals surface area contributed by atoms with Crippen molar-refractivity contribution in [1.29, 1.82) is 0 Å². The Morgan fingerprint density at radius 2 is 1.79 bits per heavy atom. The van der Waals surface area contributed by atoms with Gasteiger partial charge in [0.15, 0.2) is 9.84 Å². The predicted octanol–water partition coefficient (Wildman–Crippen LogP) is 1.04. The van der Waals surface area contributed by atoms with Crippen LogP contribution in [0.25, 0.3) is 0 Å². The molecule has 1 unspecified atom stereocenters. The number of nitrogens with zero attached hydrogens (tertiary/aromatic N) is 1. The highest BCUT2D eigenvalue weighted by atomic mass is 32.2. The summed E-state index contributed by atoms with van der Waals surface area (Å²) in [6.45, 7) is 0. The van der Waals surface area contributed by atoms with Crippen molar-refractivity contribution in [2.75, 3.05) is 25.7 Å². The molecule has 3 rings (SSSR count). The molecule has 1 aromatic carbocycles. The normalized spacial score (nSPS) is 23.4. The lowest BCUT2D eigenvalue weighted by molar-refractivity contribution is 0.328. The third kappa shape index (κ3) is 3.25. The number of sulfonamides is 1. The first-order valence-electron chi connectivity index (χ1n) is 7.74. The highest BCUT2D eigenvalue weighted by Crippen LogP contribution is 2.39. The van der Waals surface area contributed by atoms with Crippen molar-refractivity contribution >= 4 is 19.9 Å². The number of hydrogen-bond acceptors (Lipinski definition) is 6. The van der Waals surface area contributed by atoms with E-state index in [0.717, 1.165) is 12.8 Å². The summed E-state index contributed by atoms with van der Waals surface area (Å²) in [5.74, 6) is 0.548. The van der Waals surface area contributed by atoms with Crippen LogP contribution >= 0.6 is 0 Å². The Balaban J connectivity index is 2.04. The predicted molar refractivity (Wildman–Crippen MR) is 88.7 cm³/mol. The summed E-state index contributed by atoms with van der Waals surface area (Å²) in [5, 5.41) is 0. The third-order valence-electron chi connectivity index (χ3n) is 4.40. The number of benzene rings is 1. The fraction of sp³-hybridized carbons (Fsp3) is 0.600. The van der Waals surface area contributed by atoms with E-state index in [1.54, 1.807) is 12.1 Å². The van der Waals surface area contributed by atoms with E-state index in [4.69, 9.17) is 9.47 Å². The third-order valence-corrected chi connectivity index (χ3v) is 8.18. The second kappa shape index (κ2) is 6.20. The maximum atomic E-state index is 13.3. The number of sulfone groups is 1. The van der Waals surface area contributed by atoms with Crippen LogP contribution in [0.2, 0.25) is 0 Å². The topological polar surface area (TPSA) is 90.0 Å². The summed E-state index contributed by atoms with van der Waals surface area (Å²) in [7, 11) is -4.20. The number of rotatable bonds is 6. The lowest BCUT2D eigenvalue weighted by atomic mass is 10.2. The molecular formula is C15H21NO6S2. The molecule has 7 nitrogen and oxygen atoms in total. The summed E-state index contributed by atoms with van der Waals surface area (Å²) in [4.78, 5) is 0.0144. The van der Waals surface area contributed by atoms with E-state index >= 15 is 0 Å². The van der Waals surface area contributed by atoms with Crippen molar-refractivity contribution in [2.45, 2.75) is 36.2 Å². The van der Waals surface area contributed by atoms with E-state index in [2.05, 4.69) is 0 Å². The van der Waals surface area contributed by atoms with Crippen LogP contribution in [0.15, 0.2) is 23.1 Å². The van der Waals surface area contributed by atoms with Crippen molar-refractivity contribution in [3.8, 4) is 11.5 Å². The van der Waals surface area contributed by atoms with E-state index < -0.39 is 25.9 Å². The molecule has 0 radical (unpaired) electrons. The molecule has 24 heavy (non-hydrogen) atoms. The zero-order valence-corrected chi connectivity index (χ0v) is 15.3. The molecule has 1 saturated heterocycles. The van der Waals surface area contributed by atoms with Gasteiger partial charge >= 0.3 is 0 Å². The Labute approximate surface area is 142 Å². The number of methoxy groups -OCH3 is 2. The largest absolute Gasteiger partial charge is 0.497 e. The molecule has 0 N–H and O–H groups in total.